The summed E-state index contributed by atoms with van der Waals surface area (Å²) in [6.45, 7) is 11.8. The first-order chi connectivity index (χ1) is 14.8. The monoisotopic (exact) mass is 416 g/mol. The van der Waals surface area contributed by atoms with Gasteiger partial charge in [0, 0.05) is 43.5 Å². The number of carbonyl (C=O) groups excluding carboxylic acids is 2. The second-order valence-electron chi connectivity index (χ2n) is 8.28. The number of aryl methyl sites for hydroxylation is 1. The first-order valence-corrected chi connectivity index (χ1v) is 10.5. The zero-order valence-corrected chi connectivity index (χ0v) is 18.1. The average molecular weight is 417 g/mol. The number of fused-ring (bicyclic) bond motifs is 1. The number of piperidine rings is 1. The lowest BCUT2D eigenvalue weighted by atomic mass is 10.0. The van der Waals surface area contributed by atoms with Crippen molar-refractivity contribution in [2.75, 3.05) is 12.4 Å². The lowest BCUT2D eigenvalue weighted by molar-refractivity contribution is -0.136. The van der Waals surface area contributed by atoms with Crippen LogP contribution >= 0.6 is 0 Å². The number of anilines is 1. The lowest BCUT2D eigenvalue weighted by Crippen LogP contribution is -2.50. The Labute approximate surface area is 183 Å². The van der Waals surface area contributed by atoms with Crippen molar-refractivity contribution in [3.05, 3.63) is 83.7 Å². The molecule has 0 aromatic heterocycles. The van der Waals surface area contributed by atoms with Gasteiger partial charge < -0.3 is 15.1 Å². The van der Waals surface area contributed by atoms with E-state index in [0.29, 0.717) is 25.9 Å². The predicted molar refractivity (Wildman–Crippen MR) is 123 cm³/mol. The van der Waals surface area contributed by atoms with Crippen molar-refractivity contribution >= 4 is 23.2 Å². The smallest absolute Gasteiger partial charge is 0.249 e. The van der Waals surface area contributed by atoms with Gasteiger partial charge in [0.25, 0.3) is 0 Å². The van der Waals surface area contributed by atoms with Crippen LogP contribution in [0, 0.1) is 6.92 Å². The molecule has 0 bridgehead atoms. The topological polar surface area (TPSA) is 64.7 Å². The van der Waals surface area contributed by atoms with Crippen LogP contribution in [0.15, 0.2) is 61.4 Å². The first kappa shape index (κ1) is 20.7. The van der Waals surface area contributed by atoms with Gasteiger partial charge in [0.2, 0.25) is 11.8 Å². The van der Waals surface area contributed by atoms with Gasteiger partial charge in [-0.2, -0.15) is 0 Å². The number of rotatable bonds is 6. The van der Waals surface area contributed by atoms with E-state index in [-0.39, 0.29) is 17.9 Å². The number of carbonyl (C=O) groups is 2. The molecule has 2 aliphatic heterocycles. The minimum atomic E-state index is -0.360. The Morgan fingerprint density at radius 2 is 1.97 bits per heavy atom. The molecule has 2 heterocycles. The fourth-order valence-electron chi connectivity index (χ4n) is 4.19. The van der Waals surface area contributed by atoms with Crippen molar-refractivity contribution < 1.29 is 9.59 Å². The average Bonchev–Trinajstić information content (AvgIpc) is 3.07. The van der Waals surface area contributed by atoms with Crippen LogP contribution in [0.4, 0.5) is 5.69 Å². The van der Waals surface area contributed by atoms with Crippen LogP contribution in [0.25, 0.3) is 5.70 Å². The molecule has 1 atom stereocenters. The van der Waals surface area contributed by atoms with Crippen LogP contribution in [0.2, 0.25) is 0 Å². The summed E-state index contributed by atoms with van der Waals surface area (Å²) in [5.74, 6) is 0.366. The second kappa shape index (κ2) is 8.30. The maximum Gasteiger partial charge on any atom is 0.249 e. The van der Waals surface area contributed by atoms with E-state index in [4.69, 9.17) is 0 Å². The lowest BCUT2D eigenvalue weighted by Gasteiger charge is -2.31. The van der Waals surface area contributed by atoms with E-state index in [9.17, 15) is 9.59 Å². The Balaban J connectivity index is 1.48. The largest absolute Gasteiger partial charge is 0.357 e. The van der Waals surface area contributed by atoms with Crippen molar-refractivity contribution in [3.8, 4) is 0 Å². The molecule has 2 aromatic rings. The molecule has 6 nitrogen and oxygen atoms in total. The van der Waals surface area contributed by atoms with Crippen LogP contribution in [-0.2, 0) is 22.7 Å². The fraction of sp³-hybridized carbons (Fsp3) is 0.280. The first-order valence-electron chi connectivity index (χ1n) is 10.5. The van der Waals surface area contributed by atoms with Gasteiger partial charge in [-0.25, -0.2) is 0 Å². The van der Waals surface area contributed by atoms with Crippen molar-refractivity contribution in [3.63, 3.8) is 0 Å². The highest BCUT2D eigenvalue weighted by Gasteiger charge is 2.36. The van der Waals surface area contributed by atoms with E-state index < -0.39 is 0 Å². The molecule has 6 heteroatoms. The molecule has 0 saturated carbocycles. The molecule has 0 radical (unpaired) electrons. The van der Waals surface area contributed by atoms with Gasteiger partial charge in [-0.05, 0) is 36.6 Å². The number of imide groups is 1. The predicted octanol–water partition coefficient (Wildman–Crippen LogP) is 3.60. The third-order valence-electron chi connectivity index (χ3n) is 6.05. The van der Waals surface area contributed by atoms with Gasteiger partial charge in [-0.1, -0.05) is 49.1 Å². The van der Waals surface area contributed by atoms with Gasteiger partial charge in [-0.3, -0.25) is 14.9 Å². The zero-order valence-electron chi connectivity index (χ0n) is 18.1. The maximum atomic E-state index is 12.4. The van der Waals surface area contributed by atoms with Crippen LogP contribution in [0.3, 0.4) is 0 Å². The van der Waals surface area contributed by atoms with E-state index in [1.54, 1.807) is 0 Å². The molecule has 1 saturated heterocycles. The minimum absolute atomic E-state index is 0.203. The number of benzene rings is 2. The van der Waals surface area contributed by atoms with Crippen LogP contribution in [-0.4, -0.2) is 34.7 Å². The van der Waals surface area contributed by atoms with Crippen molar-refractivity contribution in [1.29, 1.82) is 0 Å². The summed E-state index contributed by atoms with van der Waals surface area (Å²) >= 11 is 0. The number of nitrogens with zero attached hydrogens (tertiary/aromatic N) is 2. The Kier molecular flexibility index (Phi) is 5.55. The Morgan fingerprint density at radius 1 is 1.23 bits per heavy atom. The van der Waals surface area contributed by atoms with Gasteiger partial charge in [-0.15, -0.1) is 0 Å². The third kappa shape index (κ3) is 4.19. The molecular formula is C25H28N4O2. The molecule has 2 N–H and O–H groups in total. The summed E-state index contributed by atoms with van der Waals surface area (Å²) in [6.07, 6.45) is 0.876. The Morgan fingerprint density at radius 3 is 2.68 bits per heavy atom. The van der Waals surface area contributed by atoms with Crippen molar-refractivity contribution in [2.45, 2.75) is 38.9 Å². The highest BCUT2D eigenvalue weighted by molar-refractivity contribution is 6.01. The molecular weight excluding hydrogens is 388 g/mol. The molecule has 1 fully saturated rings. The van der Waals surface area contributed by atoms with E-state index in [2.05, 4.69) is 53.8 Å². The van der Waals surface area contributed by atoms with Gasteiger partial charge in [0.05, 0.1) is 5.82 Å². The molecule has 31 heavy (non-hydrogen) atoms. The zero-order chi connectivity index (χ0) is 22.1. The maximum absolute atomic E-state index is 12.4. The van der Waals surface area contributed by atoms with Crippen molar-refractivity contribution in [1.82, 2.24) is 15.1 Å². The summed E-state index contributed by atoms with van der Waals surface area (Å²) in [6, 6.07) is 14.0. The normalized spacial score (nSPS) is 17.9. The number of nitrogens with one attached hydrogen (secondary N) is 2. The summed E-state index contributed by atoms with van der Waals surface area (Å²) in [5, 5.41) is 5.81. The number of hydrogen-bond acceptors (Lipinski definition) is 5. The molecule has 2 amide bonds. The fourth-order valence-corrected chi connectivity index (χ4v) is 4.19. The van der Waals surface area contributed by atoms with Crippen molar-refractivity contribution in [2.24, 2.45) is 0 Å². The van der Waals surface area contributed by atoms with Crippen LogP contribution in [0.5, 0.6) is 0 Å². The molecule has 0 aliphatic carbocycles. The van der Waals surface area contributed by atoms with Gasteiger partial charge in [0.15, 0.2) is 0 Å². The van der Waals surface area contributed by atoms with Gasteiger partial charge in [0.1, 0.15) is 6.04 Å². The highest BCUT2D eigenvalue weighted by Crippen LogP contribution is 2.37. The Bertz CT molecular complexity index is 1060. The SMILES string of the molecule is C=C(Nc1ccc(C)cc1)N(C)Cc1cccc2c1CN(C1CCC(=O)NC1=O)C2=C. The molecule has 2 aliphatic rings. The van der Waals surface area contributed by atoms with E-state index >= 15 is 0 Å². The van der Waals surface area contributed by atoms with E-state index in [1.807, 2.05) is 36.2 Å². The quantitative estimate of drug-likeness (QED) is 0.705. The van der Waals surface area contributed by atoms with E-state index in [1.165, 1.54) is 16.7 Å². The summed E-state index contributed by atoms with van der Waals surface area (Å²) < 4.78 is 0. The van der Waals surface area contributed by atoms with Crippen LogP contribution in [0.1, 0.15) is 35.1 Å². The molecule has 160 valence electrons. The highest BCUT2D eigenvalue weighted by atomic mass is 16.2. The van der Waals surface area contributed by atoms with E-state index in [0.717, 1.165) is 22.8 Å². The molecule has 2 aromatic carbocycles. The minimum Gasteiger partial charge on any atom is -0.357 e. The molecule has 1 unspecified atom stereocenters. The summed E-state index contributed by atoms with van der Waals surface area (Å²) in [7, 11) is 2.00. The summed E-state index contributed by atoms with van der Waals surface area (Å²) in [5.41, 5.74) is 6.46. The third-order valence-corrected chi connectivity index (χ3v) is 6.05. The van der Waals surface area contributed by atoms with Gasteiger partial charge >= 0.3 is 0 Å². The van der Waals surface area contributed by atoms with Crippen LogP contribution < -0.4 is 10.6 Å². The molecule has 4 rings (SSSR count). The Hall–Kier alpha value is -3.54. The molecule has 0 spiro atoms. The number of hydrogen-bond donors (Lipinski definition) is 2. The standard InChI is InChI=1S/C25H28N4O2/c1-16-8-10-20(11-9-16)26-18(3)28(4)14-19-6-5-7-21-17(2)29(15-22(19)21)23-12-13-24(30)27-25(23)31/h5-11,23,26H,2-3,12-15H2,1,4H3,(H,27,30,31). The second-order valence-corrected chi connectivity index (χ2v) is 8.28. The summed E-state index contributed by atoms with van der Waals surface area (Å²) in [4.78, 5) is 28.0. The number of amides is 2.